The molecule has 0 saturated carbocycles. The summed E-state index contributed by atoms with van der Waals surface area (Å²) in [4.78, 5) is 75.5. The molecule has 48 heavy (non-hydrogen) atoms. The van der Waals surface area contributed by atoms with Crippen LogP contribution in [-0.2, 0) is 23.5 Å². The highest BCUT2D eigenvalue weighted by Crippen LogP contribution is 2.61. The number of amides is 1. The van der Waals surface area contributed by atoms with E-state index in [1.165, 1.54) is 0 Å². The average Bonchev–Trinajstić information content (AvgIpc) is 3.00. The summed E-state index contributed by atoms with van der Waals surface area (Å²) in [5, 5.41) is 0.315. The van der Waals surface area contributed by atoms with Crippen LogP contribution in [0.4, 0.5) is 5.69 Å². The lowest BCUT2D eigenvalue weighted by molar-refractivity contribution is -0.135. The van der Waals surface area contributed by atoms with Gasteiger partial charge < -0.3 is 34.4 Å². The molecular weight excluding hydrogens is 660 g/mol. The summed E-state index contributed by atoms with van der Waals surface area (Å²) in [6.07, 6.45) is 5.80. The summed E-state index contributed by atoms with van der Waals surface area (Å²) in [5.74, 6) is -0.976. The van der Waals surface area contributed by atoms with Crippen LogP contribution in [0, 0.1) is 0 Å². The predicted molar refractivity (Wildman–Crippen MR) is 184 cm³/mol. The lowest BCUT2D eigenvalue weighted by atomic mass is 9.78. The molecule has 2 unspecified atom stereocenters. The number of hydrogen-bond acceptors (Lipinski definition) is 7. The molecule has 0 fully saturated rings. The van der Waals surface area contributed by atoms with E-state index in [0.29, 0.717) is 25.0 Å². The van der Waals surface area contributed by atoms with Crippen molar-refractivity contribution in [1.82, 2.24) is 0 Å². The number of ether oxygens (including phenoxy) is 2. The van der Waals surface area contributed by atoms with Gasteiger partial charge in [-0.05, 0) is 79.3 Å². The van der Waals surface area contributed by atoms with Gasteiger partial charge in [0.05, 0.1) is 5.69 Å². The van der Waals surface area contributed by atoms with Gasteiger partial charge in [0.1, 0.15) is 5.75 Å². The number of nitrogens with one attached hydrogen (secondary N) is 1. The molecule has 0 aromatic heterocycles. The van der Waals surface area contributed by atoms with Gasteiger partial charge in [0.15, 0.2) is 11.1 Å². The van der Waals surface area contributed by atoms with E-state index in [1.54, 1.807) is 24.3 Å². The number of benzene rings is 2. The summed E-state index contributed by atoms with van der Waals surface area (Å²) < 4.78 is 34.5. The molecule has 0 aliphatic rings. The lowest BCUT2D eigenvalue weighted by Gasteiger charge is -2.27. The number of carbonyl (C=O) groups excluding carboxylic acids is 3. The van der Waals surface area contributed by atoms with Gasteiger partial charge >= 0.3 is 27.1 Å². The van der Waals surface area contributed by atoms with E-state index in [9.17, 15) is 43.1 Å². The lowest BCUT2D eigenvalue weighted by Crippen LogP contribution is -2.18. The first-order chi connectivity index (χ1) is 22.6. The molecule has 2 atom stereocenters. The highest BCUT2D eigenvalue weighted by molar-refractivity contribution is 7.70. The summed E-state index contributed by atoms with van der Waals surface area (Å²) in [7, 11) is -10.4. The molecule has 0 spiro atoms. The molecule has 0 radical (unpaired) electrons. The quantitative estimate of drug-likeness (QED) is 0.0367. The molecule has 12 nitrogen and oxygen atoms in total. The van der Waals surface area contributed by atoms with Crippen LogP contribution in [0.2, 0.25) is 0 Å². The molecule has 268 valence electrons. The number of unbranched alkanes of at least 4 members (excludes halogenated alkanes) is 4. The second-order valence-corrected chi connectivity index (χ2v) is 16.0. The summed E-state index contributed by atoms with van der Waals surface area (Å²) in [6.45, 7) is 8.17. The van der Waals surface area contributed by atoms with Crippen molar-refractivity contribution in [3.63, 3.8) is 0 Å². The number of hydrogen-bond donors (Lipinski definition) is 5. The zero-order valence-corrected chi connectivity index (χ0v) is 30.1. The molecule has 0 saturated heterocycles. The highest BCUT2D eigenvalue weighted by Gasteiger charge is 2.43. The fraction of sp³-hybridized carbons (Fsp3) is 0.559. The monoisotopic (exact) mass is 711 g/mol. The Hall–Kier alpha value is -2.85. The zero-order valence-electron chi connectivity index (χ0n) is 28.3. The second kappa shape index (κ2) is 20.0. The van der Waals surface area contributed by atoms with Crippen LogP contribution < -0.4 is 14.8 Å². The van der Waals surface area contributed by atoms with Gasteiger partial charge in [-0.2, -0.15) is 0 Å². The Bertz CT molecular complexity index is 1410. The van der Waals surface area contributed by atoms with E-state index in [1.807, 2.05) is 32.0 Å². The number of carbonyl (C=O) groups is 3. The molecule has 14 heteroatoms. The Morgan fingerprint density at radius 3 is 1.69 bits per heavy atom. The maximum Gasteiger partial charge on any atom is 0.340 e. The third-order valence-electron chi connectivity index (χ3n) is 8.21. The zero-order chi connectivity index (χ0) is 35.9. The van der Waals surface area contributed by atoms with Gasteiger partial charge in [-0.25, -0.2) is 0 Å². The minimum Gasteiger partial charge on any atom is -0.427 e. The van der Waals surface area contributed by atoms with E-state index < -0.39 is 45.3 Å². The first-order valence-electron chi connectivity index (χ1n) is 16.7. The minimum absolute atomic E-state index is 0.0302. The average molecular weight is 712 g/mol. The van der Waals surface area contributed by atoms with Gasteiger partial charge in [-0.15, -0.1) is 0 Å². The molecule has 0 bridgehead atoms. The smallest absolute Gasteiger partial charge is 0.340 e. The molecule has 0 aliphatic heterocycles. The molecule has 1 amide bonds. The third kappa shape index (κ3) is 13.6. The first-order valence-corrected chi connectivity index (χ1v) is 20.1. The molecule has 2 aromatic carbocycles. The molecule has 2 aromatic rings. The largest absolute Gasteiger partial charge is 0.427 e. The first kappa shape index (κ1) is 41.3. The maximum atomic E-state index is 13.0. The standard InChI is InChI=1S/C34H51NO11P2/c1-5-9-11-13-32(37)45-26-18-15-24(16-19-26)27(7-3)28(8-4)25-17-20-30(46-33(38)14-12-10-6-2)29(23-25)35-31(36)21-22-34(47(39,40)41)48(42,43)44/h15-20,23,27-28,34H,5-14,21-22H2,1-4H3,(H,35,36)(H2,39,40,41)(H2,42,43,44). The Balaban J connectivity index is 2.35. The summed E-state index contributed by atoms with van der Waals surface area (Å²) in [6, 6.07) is 12.5. The summed E-state index contributed by atoms with van der Waals surface area (Å²) in [5.41, 5.74) is 2.01. The minimum atomic E-state index is -5.20. The van der Waals surface area contributed by atoms with E-state index >= 15 is 0 Å². The maximum absolute atomic E-state index is 13.0. The fourth-order valence-electron chi connectivity index (χ4n) is 5.65. The molecule has 5 N–H and O–H groups in total. The van der Waals surface area contributed by atoms with Crippen molar-refractivity contribution in [2.45, 2.75) is 122 Å². The van der Waals surface area contributed by atoms with Gasteiger partial charge in [0.25, 0.3) is 0 Å². The Morgan fingerprint density at radius 2 is 1.19 bits per heavy atom. The van der Waals surface area contributed by atoms with Crippen molar-refractivity contribution >= 4 is 38.7 Å². The predicted octanol–water partition coefficient (Wildman–Crippen LogP) is 7.75. The van der Waals surface area contributed by atoms with Crippen LogP contribution in [0.3, 0.4) is 0 Å². The van der Waals surface area contributed by atoms with Crippen LogP contribution in [0.25, 0.3) is 0 Å². The van der Waals surface area contributed by atoms with Crippen molar-refractivity contribution in [1.29, 1.82) is 0 Å². The Morgan fingerprint density at radius 1 is 0.688 bits per heavy atom. The number of rotatable bonds is 21. The molecule has 2 rings (SSSR count). The van der Waals surface area contributed by atoms with Crippen LogP contribution in [0.15, 0.2) is 42.5 Å². The highest BCUT2D eigenvalue weighted by atomic mass is 31.2. The van der Waals surface area contributed by atoms with Crippen LogP contribution >= 0.6 is 15.2 Å². The molecule has 0 heterocycles. The third-order valence-corrected chi connectivity index (χ3v) is 12.1. The summed E-state index contributed by atoms with van der Waals surface area (Å²) >= 11 is 0. The molecule has 0 aliphatic carbocycles. The van der Waals surface area contributed by atoms with Crippen LogP contribution in [0.1, 0.15) is 128 Å². The van der Waals surface area contributed by atoms with Crippen LogP contribution in [-0.4, -0.2) is 42.8 Å². The van der Waals surface area contributed by atoms with Gasteiger partial charge in [0.2, 0.25) is 5.91 Å². The number of esters is 2. The van der Waals surface area contributed by atoms with E-state index in [2.05, 4.69) is 19.2 Å². The van der Waals surface area contributed by atoms with Crippen molar-refractivity contribution in [3.05, 3.63) is 53.6 Å². The van der Waals surface area contributed by atoms with Crippen LogP contribution in [0.5, 0.6) is 11.5 Å². The van der Waals surface area contributed by atoms with Gasteiger partial charge in [-0.3, -0.25) is 23.5 Å². The van der Waals surface area contributed by atoms with E-state index in [-0.39, 0.29) is 35.7 Å². The number of anilines is 1. The Labute approximate surface area is 283 Å². The van der Waals surface area contributed by atoms with Gasteiger partial charge in [-0.1, -0.05) is 71.6 Å². The van der Waals surface area contributed by atoms with E-state index in [4.69, 9.17) is 9.47 Å². The molecular formula is C34H51NO11P2. The second-order valence-electron chi connectivity index (χ2n) is 12.0. The van der Waals surface area contributed by atoms with Crippen molar-refractivity contribution in [2.24, 2.45) is 0 Å². The normalized spacial score (nSPS) is 13.2. The topological polar surface area (TPSA) is 197 Å². The Kier molecular flexibility index (Phi) is 17.2. The SMILES string of the molecule is CCCCCC(=O)Oc1ccc(C(CC)C(CC)c2ccc(OC(=O)CCCCC)c(NC(=O)CCC(P(=O)(O)O)P(=O)(O)O)c2)cc1. The fourth-order valence-corrected chi connectivity index (χ4v) is 8.15. The van der Waals surface area contributed by atoms with E-state index in [0.717, 1.165) is 49.7 Å². The van der Waals surface area contributed by atoms with Crippen molar-refractivity contribution < 1.29 is 52.6 Å². The van der Waals surface area contributed by atoms with Crippen molar-refractivity contribution in [3.8, 4) is 11.5 Å². The van der Waals surface area contributed by atoms with Gasteiger partial charge in [0, 0.05) is 19.3 Å². The van der Waals surface area contributed by atoms with Crippen molar-refractivity contribution in [2.75, 3.05) is 5.32 Å².